The van der Waals surface area contributed by atoms with Crippen molar-refractivity contribution >= 4 is 23.4 Å². The Bertz CT molecular complexity index is 1450. The smallest absolute Gasteiger partial charge is 0.296 e. The number of piperidine rings is 1. The monoisotopic (exact) mass is 814 g/mol. The van der Waals surface area contributed by atoms with Crippen molar-refractivity contribution in [2.75, 3.05) is 20.8 Å². The van der Waals surface area contributed by atoms with E-state index in [0.717, 1.165) is 61.8 Å². The summed E-state index contributed by atoms with van der Waals surface area (Å²) in [7, 11) is 3.28. The summed E-state index contributed by atoms with van der Waals surface area (Å²) in [4.78, 5) is 52.0. The topological polar surface area (TPSA) is 198 Å². The van der Waals surface area contributed by atoms with Gasteiger partial charge in [0.1, 0.15) is 5.78 Å². The molecule has 2 fully saturated rings. The van der Waals surface area contributed by atoms with Crippen LogP contribution in [0, 0.1) is 40.9 Å². The number of carboxylic acid groups (broad SMARTS) is 1. The Kier molecular flexibility index (Phi) is 22.9. The summed E-state index contributed by atoms with van der Waals surface area (Å²) in [6.45, 7) is 9.72. The number of amides is 1. The van der Waals surface area contributed by atoms with Crippen LogP contribution in [0.1, 0.15) is 144 Å². The Balaban J connectivity index is 1.97. The molecule has 0 spiro atoms. The van der Waals surface area contributed by atoms with Crippen LogP contribution in [0.4, 0.5) is 0 Å². The van der Waals surface area contributed by atoms with Gasteiger partial charge in [-0.15, -0.1) is 0 Å². The Labute approximate surface area is 347 Å². The molecular weight excluding hydrogens is 741 g/mol. The van der Waals surface area contributed by atoms with Crippen LogP contribution in [-0.2, 0) is 28.7 Å². The fourth-order valence-corrected chi connectivity index (χ4v) is 8.60. The predicted octanol–water partition coefficient (Wildman–Crippen LogP) is 5.92. The van der Waals surface area contributed by atoms with E-state index in [1.165, 1.54) is 19.6 Å². The minimum atomic E-state index is -3.00. The normalized spacial score (nSPS) is 22.8. The van der Waals surface area contributed by atoms with E-state index in [1.807, 2.05) is 32.1 Å². The van der Waals surface area contributed by atoms with Gasteiger partial charge < -0.3 is 39.6 Å². The lowest BCUT2D eigenvalue weighted by atomic mass is 9.84. The molecule has 1 aliphatic carbocycles. The minimum Gasteiger partial charge on any atom is -0.548 e. The summed E-state index contributed by atoms with van der Waals surface area (Å²) in [6.07, 6.45) is 18.2. The summed E-state index contributed by atoms with van der Waals surface area (Å²) in [6, 6.07) is 0.850. The minimum absolute atomic E-state index is 0.0103. The van der Waals surface area contributed by atoms with Gasteiger partial charge in [0.25, 0.3) is 11.7 Å². The number of nitrogens with zero attached hydrogens (tertiary/aromatic N) is 2. The average Bonchev–Trinajstić information content (AvgIpc) is 3.18. The fourth-order valence-electron chi connectivity index (χ4n) is 8.60. The number of allylic oxidation sites excluding steroid dienone is 6. The number of ketones is 2. The number of rotatable bonds is 26. The number of nitriles is 1. The number of methoxy groups -OCH3 is 2. The zero-order chi connectivity index (χ0) is 43.4. The number of carbonyl (C=O) groups excluding carboxylic acids is 4. The number of aliphatic hydroxyl groups excluding tert-OH is 1. The molecule has 0 bridgehead atoms. The number of ether oxygens (including phenoxy) is 2. The van der Waals surface area contributed by atoms with E-state index in [9.17, 15) is 39.6 Å². The van der Waals surface area contributed by atoms with E-state index >= 15 is 0 Å². The molecule has 12 heteroatoms. The third-order valence-corrected chi connectivity index (χ3v) is 12.2. The van der Waals surface area contributed by atoms with E-state index in [0.29, 0.717) is 50.5 Å². The highest BCUT2D eigenvalue weighted by molar-refractivity contribution is 6.39. The number of aliphatic carboxylic acids is 1. The van der Waals surface area contributed by atoms with Gasteiger partial charge in [0.05, 0.1) is 36.4 Å². The number of carboxylic acids is 1. The van der Waals surface area contributed by atoms with Crippen molar-refractivity contribution in [3.8, 4) is 6.07 Å². The molecule has 2 aliphatic rings. The summed E-state index contributed by atoms with van der Waals surface area (Å²) in [5.41, 5.74) is 2.30. The number of aliphatic hydroxyl groups is 3. The quantitative estimate of drug-likeness (QED) is 0.0406. The van der Waals surface area contributed by atoms with Gasteiger partial charge in [0.2, 0.25) is 5.79 Å². The van der Waals surface area contributed by atoms with Gasteiger partial charge in [-0.25, -0.2) is 0 Å². The molecule has 3 N–H and O–H groups in total. The van der Waals surface area contributed by atoms with E-state index < -0.39 is 53.5 Å². The highest BCUT2D eigenvalue weighted by atomic mass is 16.5. The van der Waals surface area contributed by atoms with Crippen molar-refractivity contribution in [1.29, 1.82) is 5.26 Å². The van der Waals surface area contributed by atoms with Crippen molar-refractivity contribution in [3.05, 3.63) is 35.5 Å². The second-order valence-corrected chi connectivity index (χ2v) is 17.4. The molecule has 1 saturated heterocycles. The van der Waals surface area contributed by atoms with Crippen LogP contribution in [0.3, 0.4) is 0 Å². The largest absolute Gasteiger partial charge is 0.548 e. The highest BCUT2D eigenvalue weighted by Gasteiger charge is 2.47. The number of unbranched alkanes of at least 4 members (excludes halogenated alkanes) is 1. The Hall–Kier alpha value is -3.21. The summed E-state index contributed by atoms with van der Waals surface area (Å²) in [5, 5.41) is 53.2. The summed E-state index contributed by atoms with van der Waals surface area (Å²) >= 11 is 0. The second kappa shape index (κ2) is 26.1. The van der Waals surface area contributed by atoms with Crippen LogP contribution in [-0.4, -0.2) is 94.6 Å². The first-order chi connectivity index (χ1) is 27.4. The predicted molar refractivity (Wildman–Crippen MR) is 221 cm³/mol. The van der Waals surface area contributed by atoms with Gasteiger partial charge in [-0.1, -0.05) is 75.5 Å². The third-order valence-electron chi connectivity index (χ3n) is 12.2. The molecule has 0 radical (unpaired) electrons. The number of likely N-dealkylation sites (tertiary alicyclic amines) is 1. The molecule has 1 amide bonds. The van der Waals surface area contributed by atoms with Crippen molar-refractivity contribution < 1.29 is 49.1 Å². The molecule has 0 aromatic carbocycles. The molecule has 9 atom stereocenters. The fraction of sp³-hybridized carbons (Fsp3) is 0.761. The molecule has 1 aliphatic heterocycles. The summed E-state index contributed by atoms with van der Waals surface area (Å²) < 4.78 is 11.2. The van der Waals surface area contributed by atoms with Crippen molar-refractivity contribution in [2.45, 2.75) is 174 Å². The first-order valence-corrected chi connectivity index (χ1v) is 21.6. The van der Waals surface area contributed by atoms with Crippen LogP contribution in [0.15, 0.2) is 35.5 Å². The first kappa shape index (κ1) is 50.9. The van der Waals surface area contributed by atoms with Crippen molar-refractivity contribution in [3.63, 3.8) is 0 Å². The Morgan fingerprint density at radius 2 is 1.69 bits per heavy atom. The van der Waals surface area contributed by atoms with Crippen LogP contribution >= 0.6 is 0 Å². The lowest BCUT2D eigenvalue weighted by molar-refractivity contribution is -0.312. The molecule has 1 saturated carbocycles. The van der Waals surface area contributed by atoms with Gasteiger partial charge in [0, 0.05) is 45.4 Å². The second-order valence-electron chi connectivity index (χ2n) is 17.4. The van der Waals surface area contributed by atoms with Crippen LogP contribution < -0.4 is 5.11 Å². The standard InChI is InChI=1S/C46H74N2O10/c1-31(16-14-19-38(57-6)28-35(5)46(55,56)43(51)44(52)48-23-13-11-21-40(48)45(53)54)24-32(2)27-37(18-10-8-9-12-22-47)42(50)30-41(49)34(4)25-33(3)26-36-17-15-20-39(29-36)58-7/h8,10,26-27,31,34-41,49,55-56H,9,11-21,23-25,28-30H2,1-7H3,(H,53,54)/p-1/b10-8+,32-27-,33-26+/t31-,34+,35?,36?,37?,38?,39?,40?,41+/m1/s1. The molecule has 328 valence electrons. The number of Topliss-reactive ketones (excluding diaryl/α,β-unsaturated/α-hetero) is 2. The molecule has 0 aromatic rings. The molecule has 2 rings (SSSR count). The molecule has 1 heterocycles. The third kappa shape index (κ3) is 17.2. The van der Waals surface area contributed by atoms with Gasteiger partial charge in [-0.05, 0) is 109 Å². The van der Waals surface area contributed by atoms with E-state index in [1.54, 1.807) is 7.11 Å². The number of hydrogen-bond donors (Lipinski definition) is 3. The maximum Gasteiger partial charge on any atom is 0.296 e. The summed E-state index contributed by atoms with van der Waals surface area (Å²) in [5.74, 6) is -7.99. The SMILES string of the molecule is COC1CCCC(/C=C(\C)C[C@H](C)[C@@H](O)CC(=O)C(/C=C(/C)C[C@H](C)CCCC(CC(C)C(O)(O)C(=O)C(=O)N2CCCCC2C(=O)[O-])OC)C/C=C/CCC#N)C1. The van der Waals surface area contributed by atoms with Crippen LogP contribution in [0.25, 0.3) is 0 Å². The van der Waals surface area contributed by atoms with Crippen molar-refractivity contribution in [1.82, 2.24) is 4.90 Å². The highest BCUT2D eigenvalue weighted by Crippen LogP contribution is 2.31. The molecular formula is C46H73N2O10-. The maximum atomic E-state index is 13.7. The lowest BCUT2D eigenvalue weighted by Gasteiger charge is -2.37. The molecule has 6 unspecified atom stereocenters. The average molecular weight is 814 g/mol. The van der Waals surface area contributed by atoms with E-state index in [2.05, 4.69) is 26.0 Å². The maximum absolute atomic E-state index is 13.7. The molecule has 0 aromatic heterocycles. The first-order valence-electron chi connectivity index (χ1n) is 21.6. The van der Waals surface area contributed by atoms with Crippen LogP contribution in [0.5, 0.6) is 0 Å². The van der Waals surface area contributed by atoms with E-state index in [4.69, 9.17) is 14.7 Å². The van der Waals surface area contributed by atoms with Gasteiger partial charge >= 0.3 is 0 Å². The zero-order valence-electron chi connectivity index (χ0n) is 36.3. The van der Waals surface area contributed by atoms with Gasteiger partial charge in [0.15, 0.2) is 0 Å². The van der Waals surface area contributed by atoms with Gasteiger partial charge in [-0.2, -0.15) is 5.26 Å². The van der Waals surface area contributed by atoms with Gasteiger partial charge in [-0.3, -0.25) is 14.4 Å². The number of hydrogen-bond acceptors (Lipinski definition) is 11. The molecule has 12 nitrogen and oxygen atoms in total. The molecule has 58 heavy (non-hydrogen) atoms. The Morgan fingerprint density at radius 3 is 2.34 bits per heavy atom. The zero-order valence-corrected chi connectivity index (χ0v) is 36.3. The van der Waals surface area contributed by atoms with Crippen LogP contribution in [0.2, 0.25) is 0 Å². The number of carbonyl (C=O) groups is 4. The van der Waals surface area contributed by atoms with Crippen molar-refractivity contribution in [2.24, 2.45) is 29.6 Å². The lowest BCUT2D eigenvalue weighted by Crippen LogP contribution is -2.59. The Morgan fingerprint density at radius 1 is 0.966 bits per heavy atom. The van der Waals surface area contributed by atoms with E-state index in [-0.39, 0.29) is 43.4 Å².